The summed E-state index contributed by atoms with van der Waals surface area (Å²) in [5.74, 6) is 0.738. The lowest BCUT2D eigenvalue weighted by Gasteiger charge is -2.39. The van der Waals surface area contributed by atoms with Crippen LogP contribution in [-0.4, -0.2) is 114 Å². The van der Waals surface area contributed by atoms with Gasteiger partial charge < -0.3 is 29.1 Å². The van der Waals surface area contributed by atoms with Crippen LogP contribution in [0.1, 0.15) is 118 Å². The number of ether oxygens (including phenoxy) is 1. The number of rotatable bonds is 14. The second-order valence-electron chi connectivity index (χ2n) is 17.3. The second kappa shape index (κ2) is 18.4. The molecule has 3 aliphatic heterocycles. The molecule has 1 saturated heterocycles. The highest BCUT2D eigenvalue weighted by atomic mass is 19.3. The molecule has 3 aromatic carbocycles. The van der Waals surface area contributed by atoms with Gasteiger partial charge in [-0.2, -0.15) is 0 Å². The second-order valence-corrected chi connectivity index (χ2v) is 17.3. The smallest absolute Gasteiger partial charge is 0.254 e. The third-order valence-corrected chi connectivity index (χ3v) is 13.9. The van der Waals surface area contributed by atoms with Gasteiger partial charge in [0.05, 0.1) is 31.3 Å². The van der Waals surface area contributed by atoms with Crippen molar-refractivity contribution in [2.75, 3.05) is 40.3 Å². The molecule has 2 fully saturated rings. The number of benzene rings is 3. The lowest BCUT2D eigenvalue weighted by molar-refractivity contribution is -0.138. The number of hydrogen-bond donors (Lipinski definition) is 1. The summed E-state index contributed by atoms with van der Waals surface area (Å²) in [4.78, 5) is 73.1. The molecule has 8 rings (SSSR count). The van der Waals surface area contributed by atoms with Gasteiger partial charge in [-0.3, -0.25) is 24.2 Å². The number of aromatic amines is 1. The molecule has 0 spiro atoms. The van der Waals surface area contributed by atoms with Crippen molar-refractivity contribution < 1.29 is 37.5 Å². The molecular weight excluding hydrogens is 781 g/mol. The SMILES string of the molecule is COc1cc(C2CCC(C(=O)N3CCC(N4Cc5cc(C=O)c(C(=O)N(C)C(C=O)CCC=O)cc5C4)CC3)CC2)ccc1C1c2[nH]c3ccccc3c2CCN1CC(F)F. The molecule has 4 aliphatic rings. The van der Waals surface area contributed by atoms with Gasteiger partial charge in [-0.15, -0.1) is 0 Å². The predicted molar refractivity (Wildman–Crippen MR) is 227 cm³/mol. The van der Waals surface area contributed by atoms with Crippen molar-refractivity contribution in [1.29, 1.82) is 0 Å². The molecular formula is C48H55F2N5O6. The van der Waals surface area contributed by atoms with E-state index in [1.807, 2.05) is 28.0 Å². The van der Waals surface area contributed by atoms with Crippen LogP contribution in [0.4, 0.5) is 8.78 Å². The first-order chi connectivity index (χ1) is 29.6. The van der Waals surface area contributed by atoms with Crippen LogP contribution >= 0.6 is 0 Å². The van der Waals surface area contributed by atoms with Gasteiger partial charge in [-0.1, -0.05) is 30.3 Å². The summed E-state index contributed by atoms with van der Waals surface area (Å²) in [5.41, 5.74) is 7.67. The molecule has 2 atom stereocenters. The van der Waals surface area contributed by atoms with E-state index in [9.17, 15) is 32.8 Å². The molecule has 1 saturated carbocycles. The van der Waals surface area contributed by atoms with Crippen LogP contribution in [0.15, 0.2) is 54.6 Å². The third-order valence-electron chi connectivity index (χ3n) is 13.9. The number of aldehydes is 3. The molecule has 322 valence electrons. The number of halogens is 2. The Morgan fingerprint density at radius 3 is 2.36 bits per heavy atom. The fourth-order valence-electron chi connectivity index (χ4n) is 10.6. The Kier molecular flexibility index (Phi) is 12.8. The largest absolute Gasteiger partial charge is 0.496 e. The Morgan fingerprint density at radius 1 is 0.934 bits per heavy atom. The van der Waals surface area contributed by atoms with Crippen molar-refractivity contribution in [2.45, 2.75) is 101 Å². The van der Waals surface area contributed by atoms with E-state index in [-0.39, 0.29) is 60.3 Å². The molecule has 0 radical (unpaired) electrons. The monoisotopic (exact) mass is 835 g/mol. The van der Waals surface area contributed by atoms with Crippen molar-refractivity contribution in [3.05, 3.63) is 99.2 Å². The number of carbonyl (C=O) groups is 5. The molecule has 61 heavy (non-hydrogen) atoms. The van der Waals surface area contributed by atoms with E-state index in [1.165, 1.54) is 17.5 Å². The fourth-order valence-corrected chi connectivity index (χ4v) is 10.6. The lowest BCUT2D eigenvalue weighted by Crippen LogP contribution is -2.47. The number of likely N-dealkylation sites (tertiary alicyclic amines) is 1. The maximum Gasteiger partial charge on any atom is 0.254 e. The van der Waals surface area contributed by atoms with E-state index in [4.69, 9.17) is 4.74 Å². The molecule has 13 heteroatoms. The quantitative estimate of drug-likeness (QED) is 0.134. The molecule has 1 aromatic heterocycles. The minimum absolute atomic E-state index is 0.0244. The van der Waals surface area contributed by atoms with Crippen LogP contribution in [-0.2, 0) is 33.9 Å². The number of carbonyl (C=O) groups excluding carboxylic acids is 5. The van der Waals surface area contributed by atoms with E-state index in [0.717, 1.165) is 83.7 Å². The van der Waals surface area contributed by atoms with Gasteiger partial charge in [-0.05, 0) is 104 Å². The maximum atomic E-state index is 13.9. The highest BCUT2D eigenvalue weighted by Gasteiger charge is 2.38. The zero-order valence-electron chi connectivity index (χ0n) is 35.0. The number of aromatic nitrogens is 1. The number of H-pyrrole nitrogens is 1. The normalized spacial score (nSPS) is 21.5. The molecule has 4 aromatic rings. The van der Waals surface area contributed by atoms with Gasteiger partial charge in [0.15, 0.2) is 6.29 Å². The Balaban J connectivity index is 0.871. The number of alkyl halides is 2. The standard InChI is InChI=1S/C48H55F2N5O6/c1-52(37(29-58)6-5-21-56)48(60)41-23-34-26-55(25-33(34)22-35(41)28-57)36-15-18-53(19-16-36)47(59)31-11-9-30(10-12-31)32-13-14-40(43(24-32)61-2)46-45-39(17-20-54(46)27-44(49)50)38-7-3-4-8-42(38)51-45/h3-4,7-8,13-14,21-24,28-31,36-37,44,46,51H,5-6,9-12,15-20,25-27H2,1-2H3. The number of methoxy groups -OCH3 is 1. The molecule has 4 heterocycles. The average molecular weight is 836 g/mol. The van der Waals surface area contributed by atoms with Crippen molar-refractivity contribution in [3.8, 4) is 5.75 Å². The number of para-hydroxylation sites is 1. The van der Waals surface area contributed by atoms with Gasteiger partial charge in [-0.25, -0.2) is 8.78 Å². The number of amides is 2. The predicted octanol–water partition coefficient (Wildman–Crippen LogP) is 7.10. The first-order valence-corrected chi connectivity index (χ1v) is 21.7. The van der Waals surface area contributed by atoms with Crippen LogP contribution in [0.3, 0.4) is 0 Å². The summed E-state index contributed by atoms with van der Waals surface area (Å²) in [6, 6.07) is 17.1. The summed E-state index contributed by atoms with van der Waals surface area (Å²) in [6.07, 6.45) is 5.72. The van der Waals surface area contributed by atoms with Gasteiger partial charge in [0.25, 0.3) is 12.3 Å². The minimum Gasteiger partial charge on any atom is -0.496 e. The summed E-state index contributed by atoms with van der Waals surface area (Å²) in [7, 11) is 3.16. The summed E-state index contributed by atoms with van der Waals surface area (Å²) in [6.45, 7) is 2.85. The number of nitrogens with one attached hydrogen (secondary N) is 1. The molecule has 2 unspecified atom stereocenters. The Labute approximate surface area is 355 Å². The Hall–Kier alpha value is -5.27. The number of nitrogens with zero attached hydrogens (tertiary/aromatic N) is 4. The summed E-state index contributed by atoms with van der Waals surface area (Å²) >= 11 is 0. The first kappa shape index (κ1) is 42.4. The number of fused-ring (bicyclic) bond motifs is 4. The van der Waals surface area contributed by atoms with E-state index >= 15 is 0 Å². The Morgan fingerprint density at radius 2 is 1.67 bits per heavy atom. The van der Waals surface area contributed by atoms with Crippen LogP contribution < -0.4 is 4.74 Å². The lowest BCUT2D eigenvalue weighted by atomic mass is 9.77. The fraction of sp³-hybridized carbons (Fsp3) is 0.479. The maximum absolute atomic E-state index is 13.9. The van der Waals surface area contributed by atoms with E-state index in [1.54, 1.807) is 19.2 Å². The molecule has 0 bridgehead atoms. The third kappa shape index (κ3) is 8.51. The number of piperidine rings is 1. The van der Waals surface area contributed by atoms with Crippen molar-refractivity contribution in [2.24, 2.45) is 5.92 Å². The minimum atomic E-state index is -2.46. The topological polar surface area (TPSA) is 123 Å². The number of likely N-dealkylation sites (N-methyl/N-ethyl adjacent to an activating group) is 1. The average Bonchev–Trinajstić information content (AvgIpc) is 3.89. The molecule has 11 nitrogen and oxygen atoms in total. The summed E-state index contributed by atoms with van der Waals surface area (Å²) < 4.78 is 33.8. The van der Waals surface area contributed by atoms with Crippen LogP contribution in [0.2, 0.25) is 0 Å². The van der Waals surface area contributed by atoms with Crippen LogP contribution in [0, 0.1) is 5.92 Å². The van der Waals surface area contributed by atoms with Crippen LogP contribution in [0.25, 0.3) is 10.9 Å². The summed E-state index contributed by atoms with van der Waals surface area (Å²) in [5, 5.41) is 1.13. The Bertz CT molecular complexity index is 2280. The van der Waals surface area contributed by atoms with Crippen molar-refractivity contribution in [1.82, 2.24) is 24.6 Å². The highest BCUT2D eigenvalue weighted by Crippen LogP contribution is 2.44. The van der Waals surface area contributed by atoms with Gasteiger partial charge in [0.1, 0.15) is 18.3 Å². The highest BCUT2D eigenvalue weighted by molar-refractivity contribution is 6.02. The van der Waals surface area contributed by atoms with Gasteiger partial charge >= 0.3 is 0 Å². The van der Waals surface area contributed by atoms with Crippen molar-refractivity contribution in [3.63, 3.8) is 0 Å². The molecule has 1 N–H and O–H groups in total. The van der Waals surface area contributed by atoms with Gasteiger partial charge in [0, 0.05) is 85.9 Å². The van der Waals surface area contributed by atoms with E-state index in [2.05, 4.69) is 34.1 Å². The van der Waals surface area contributed by atoms with Crippen molar-refractivity contribution >= 4 is 41.6 Å². The van der Waals surface area contributed by atoms with E-state index < -0.39 is 18.4 Å². The first-order valence-electron chi connectivity index (χ1n) is 21.7. The zero-order valence-corrected chi connectivity index (χ0v) is 35.0. The molecule has 2 amide bonds. The van der Waals surface area contributed by atoms with Gasteiger partial charge in [0.2, 0.25) is 5.91 Å². The number of hydrogen-bond acceptors (Lipinski definition) is 8. The van der Waals surface area contributed by atoms with Crippen LogP contribution in [0.5, 0.6) is 5.75 Å². The molecule has 1 aliphatic carbocycles. The zero-order chi connectivity index (χ0) is 42.8. The van der Waals surface area contributed by atoms with E-state index in [0.29, 0.717) is 57.5 Å².